The highest BCUT2D eigenvalue weighted by Gasteiger charge is 2.48. The number of oxazole rings is 1. The van der Waals surface area contributed by atoms with Gasteiger partial charge in [0.05, 0.1) is 30.5 Å². The van der Waals surface area contributed by atoms with Crippen LogP contribution in [0.3, 0.4) is 0 Å². The molecule has 0 radical (unpaired) electrons. The van der Waals surface area contributed by atoms with Crippen LogP contribution in [0.2, 0.25) is 5.15 Å². The molecule has 7 rings (SSSR count). The Morgan fingerprint density at radius 2 is 2.03 bits per heavy atom. The number of nitrogens with one attached hydrogen (secondary N) is 2. The van der Waals surface area contributed by atoms with Crippen LogP contribution in [0.5, 0.6) is 0 Å². The number of hydrogen-bond donors (Lipinski definition) is 2. The number of esters is 1. The predicted octanol–water partition coefficient (Wildman–Crippen LogP) is 4.50. The lowest BCUT2D eigenvalue weighted by Gasteiger charge is -2.47. The van der Waals surface area contributed by atoms with E-state index in [4.69, 9.17) is 30.7 Å². The molecule has 35 heavy (non-hydrogen) atoms. The Balaban J connectivity index is 1.42. The van der Waals surface area contributed by atoms with Gasteiger partial charge >= 0.3 is 5.97 Å². The molecule has 0 amide bonds. The third-order valence-electron chi connectivity index (χ3n) is 7.06. The summed E-state index contributed by atoms with van der Waals surface area (Å²) in [7, 11) is 0. The first-order chi connectivity index (χ1) is 17.1. The number of H-pyrrole nitrogens is 1. The minimum atomic E-state index is -0.205. The highest BCUT2D eigenvalue weighted by atomic mass is 35.5. The number of aromatic nitrogens is 6. The predicted molar refractivity (Wildman–Crippen MR) is 128 cm³/mol. The van der Waals surface area contributed by atoms with Crippen LogP contribution in [-0.4, -0.2) is 48.5 Å². The molecule has 2 N–H and O–H groups in total. The van der Waals surface area contributed by atoms with Gasteiger partial charge in [0, 0.05) is 18.3 Å². The molecule has 3 aliphatic rings. The smallest absolute Gasteiger partial charge is 0.311 e. The van der Waals surface area contributed by atoms with E-state index in [0.717, 1.165) is 25.7 Å². The van der Waals surface area contributed by atoms with Gasteiger partial charge < -0.3 is 19.5 Å². The number of rotatable bonds is 6. The van der Waals surface area contributed by atoms with Crippen LogP contribution < -0.4 is 5.32 Å². The number of halogens is 1. The number of ether oxygens (including phenoxy) is 1. The van der Waals surface area contributed by atoms with Gasteiger partial charge in [-0.15, -0.1) is 0 Å². The number of anilines is 1. The lowest BCUT2D eigenvalue weighted by molar-refractivity contribution is -0.154. The third-order valence-corrected chi connectivity index (χ3v) is 7.24. The first-order valence-electron chi connectivity index (χ1n) is 11.8. The van der Waals surface area contributed by atoms with E-state index in [0.29, 0.717) is 58.4 Å². The summed E-state index contributed by atoms with van der Waals surface area (Å²) in [5.74, 6) is 1.71. The zero-order valence-corrected chi connectivity index (χ0v) is 19.8. The van der Waals surface area contributed by atoms with Gasteiger partial charge in [0.2, 0.25) is 5.89 Å². The Morgan fingerprint density at radius 1 is 1.20 bits per heavy atom. The number of carbonyl (C=O) groups is 1. The molecule has 2 atom stereocenters. The minimum Gasteiger partial charge on any atom is -0.466 e. The highest BCUT2D eigenvalue weighted by Crippen LogP contribution is 2.47. The van der Waals surface area contributed by atoms with Gasteiger partial charge in [-0.2, -0.15) is 0 Å². The second-order valence-corrected chi connectivity index (χ2v) is 9.40. The number of aromatic amines is 1. The molecular weight excluding hydrogens is 470 g/mol. The molecule has 11 heteroatoms. The van der Waals surface area contributed by atoms with Crippen molar-refractivity contribution in [2.75, 3.05) is 11.9 Å². The van der Waals surface area contributed by atoms with E-state index >= 15 is 0 Å². The lowest BCUT2D eigenvalue weighted by atomic mass is 9.61. The Morgan fingerprint density at radius 3 is 2.80 bits per heavy atom. The van der Waals surface area contributed by atoms with E-state index in [9.17, 15) is 4.79 Å². The van der Waals surface area contributed by atoms with Gasteiger partial charge in [-0.25, -0.2) is 24.9 Å². The molecule has 180 valence electrons. The number of fused-ring (bicyclic) bond motifs is 4. The van der Waals surface area contributed by atoms with Gasteiger partial charge in [0.15, 0.2) is 11.5 Å². The fourth-order valence-corrected chi connectivity index (χ4v) is 5.68. The molecule has 0 unspecified atom stereocenters. The van der Waals surface area contributed by atoms with Crippen LogP contribution >= 0.6 is 11.6 Å². The van der Waals surface area contributed by atoms with E-state index in [2.05, 4.69) is 25.3 Å². The molecule has 0 aliphatic heterocycles. The highest BCUT2D eigenvalue weighted by molar-refractivity contribution is 6.29. The molecule has 4 heterocycles. The quantitative estimate of drug-likeness (QED) is 0.372. The molecule has 0 aromatic carbocycles. The summed E-state index contributed by atoms with van der Waals surface area (Å²) < 4.78 is 11.0. The van der Waals surface area contributed by atoms with Crippen molar-refractivity contribution in [2.24, 2.45) is 17.8 Å². The molecule has 0 spiro atoms. The summed E-state index contributed by atoms with van der Waals surface area (Å²) in [6, 6.07) is 1.73. The maximum Gasteiger partial charge on any atom is 0.311 e. The molecule has 2 bridgehead atoms. The van der Waals surface area contributed by atoms with Gasteiger partial charge in [-0.05, 0) is 44.4 Å². The largest absolute Gasteiger partial charge is 0.466 e. The maximum atomic E-state index is 12.9. The topological polar surface area (TPSA) is 132 Å². The van der Waals surface area contributed by atoms with Crippen LogP contribution in [0.1, 0.15) is 32.6 Å². The summed E-state index contributed by atoms with van der Waals surface area (Å²) in [6.45, 7) is 2.21. The molecule has 10 nitrogen and oxygen atoms in total. The average Bonchev–Trinajstić information content (AvgIpc) is 3.55. The Hall–Kier alpha value is -3.53. The average molecular weight is 494 g/mol. The lowest BCUT2D eigenvalue weighted by Crippen LogP contribution is -2.52. The van der Waals surface area contributed by atoms with Crippen molar-refractivity contribution in [1.82, 2.24) is 29.9 Å². The van der Waals surface area contributed by atoms with Crippen molar-refractivity contribution in [3.05, 3.63) is 36.1 Å². The maximum absolute atomic E-state index is 12.9. The fourth-order valence-electron chi connectivity index (χ4n) is 5.55. The van der Waals surface area contributed by atoms with E-state index in [1.54, 1.807) is 18.5 Å². The normalized spacial score (nSPS) is 23.5. The number of carbonyl (C=O) groups excluding carboxylic acids is 1. The molecular formula is C24H24ClN7O3. The SMILES string of the molecule is CCOC(=O)[C@H]1C2CCC(CC2)[C@@H]1Nc1cc(-c2ncco2)nc(-c2c[nH]c3ncc(Cl)nc23)n1. The van der Waals surface area contributed by atoms with E-state index in [1.807, 2.05) is 6.92 Å². The molecule has 3 aliphatic carbocycles. The van der Waals surface area contributed by atoms with Crippen molar-refractivity contribution < 1.29 is 13.9 Å². The number of hydrogen-bond acceptors (Lipinski definition) is 9. The summed E-state index contributed by atoms with van der Waals surface area (Å²) in [5, 5.41) is 3.85. The van der Waals surface area contributed by atoms with Crippen molar-refractivity contribution in [1.29, 1.82) is 0 Å². The Kier molecular flexibility index (Phi) is 5.60. The summed E-state index contributed by atoms with van der Waals surface area (Å²) in [5.41, 5.74) is 2.31. The summed E-state index contributed by atoms with van der Waals surface area (Å²) in [6.07, 6.45) is 10.6. The minimum absolute atomic E-state index is 0.0704. The van der Waals surface area contributed by atoms with Gasteiger partial charge in [0.25, 0.3) is 0 Å². The third kappa shape index (κ3) is 4.01. The second kappa shape index (κ2) is 8.92. The van der Waals surface area contributed by atoms with Crippen LogP contribution in [0.4, 0.5) is 5.82 Å². The van der Waals surface area contributed by atoms with Crippen LogP contribution in [0.15, 0.2) is 35.3 Å². The standard InChI is InChI=1S/C24H24ClN7O3/c1-2-34-24(33)18-12-3-5-13(6-4-12)19(18)31-17-9-15(23-26-7-8-35-23)29-21(32-17)14-10-27-22-20(14)30-16(25)11-28-22/h7-13,18-19H,2-6H2,1H3,(H,27,28)(H,29,31,32)/t12?,13?,18-,19-/m0/s1. The summed E-state index contributed by atoms with van der Waals surface area (Å²) in [4.78, 5) is 38.5. The van der Waals surface area contributed by atoms with Crippen molar-refractivity contribution in [2.45, 2.75) is 38.6 Å². The molecule has 3 saturated carbocycles. The first-order valence-corrected chi connectivity index (χ1v) is 12.2. The van der Waals surface area contributed by atoms with E-state index < -0.39 is 0 Å². The molecule has 4 aromatic rings. The van der Waals surface area contributed by atoms with Gasteiger partial charge in [-0.3, -0.25) is 4.79 Å². The van der Waals surface area contributed by atoms with Crippen LogP contribution in [-0.2, 0) is 9.53 Å². The molecule has 3 fully saturated rings. The number of nitrogens with zero attached hydrogens (tertiary/aromatic N) is 5. The van der Waals surface area contributed by atoms with Gasteiger partial charge in [-0.1, -0.05) is 11.6 Å². The van der Waals surface area contributed by atoms with E-state index in [1.165, 1.54) is 12.5 Å². The first kappa shape index (κ1) is 22.0. The zero-order valence-electron chi connectivity index (χ0n) is 19.1. The monoisotopic (exact) mass is 493 g/mol. The second-order valence-electron chi connectivity index (χ2n) is 9.01. The van der Waals surface area contributed by atoms with Crippen LogP contribution in [0, 0.1) is 17.8 Å². The molecule has 0 saturated heterocycles. The van der Waals surface area contributed by atoms with Crippen molar-refractivity contribution in [3.8, 4) is 23.0 Å². The van der Waals surface area contributed by atoms with E-state index in [-0.39, 0.29) is 23.1 Å². The zero-order chi connectivity index (χ0) is 23.9. The summed E-state index contributed by atoms with van der Waals surface area (Å²) >= 11 is 6.11. The molecule has 4 aromatic heterocycles. The van der Waals surface area contributed by atoms with Gasteiger partial charge in [0.1, 0.15) is 28.4 Å². The van der Waals surface area contributed by atoms with Crippen molar-refractivity contribution >= 4 is 34.6 Å². The fraction of sp³-hybridized carbons (Fsp3) is 0.417. The Bertz CT molecular complexity index is 1360. The van der Waals surface area contributed by atoms with Crippen molar-refractivity contribution in [3.63, 3.8) is 0 Å². The van der Waals surface area contributed by atoms with Crippen LogP contribution in [0.25, 0.3) is 34.1 Å². The Labute approximate surface area is 205 Å².